The van der Waals surface area contributed by atoms with Gasteiger partial charge in [-0.15, -0.1) is 0 Å². The molecule has 0 aliphatic heterocycles. The van der Waals surface area contributed by atoms with E-state index in [-0.39, 0.29) is 11.4 Å². The quantitative estimate of drug-likeness (QED) is 0.711. The maximum Gasteiger partial charge on any atom is 0.319 e. The maximum absolute atomic E-state index is 11.8. The first-order chi connectivity index (χ1) is 10.8. The fraction of sp³-hybridized carbons (Fsp3) is 0.0714. The average Bonchev–Trinajstić information content (AvgIpc) is 2.47. The van der Waals surface area contributed by atoms with Crippen LogP contribution in [0.3, 0.4) is 0 Å². The maximum atomic E-state index is 11.8. The number of halogens is 2. The van der Waals surface area contributed by atoms with E-state index in [0.29, 0.717) is 10.7 Å². The number of sulfonamides is 1. The zero-order valence-electron chi connectivity index (χ0n) is 11.7. The molecule has 9 heteroatoms. The minimum atomic E-state index is -3.72. The van der Waals surface area contributed by atoms with Gasteiger partial charge in [0.25, 0.3) is 0 Å². The van der Waals surface area contributed by atoms with Crippen molar-refractivity contribution in [2.45, 2.75) is 11.4 Å². The fourth-order valence-electron chi connectivity index (χ4n) is 1.74. The van der Waals surface area contributed by atoms with E-state index < -0.39 is 16.1 Å². The Bertz CT molecular complexity index is 826. The molecular weight excluding hydrogens is 406 g/mol. The molecule has 0 bridgehead atoms. The normalized spacial score (nSPS) is 11.1. The van der Waals surface area contributed by atoms with Crippen LogP contribution in [0.25, 0.3) is 0 Å². The van der Waals surface area contributed by atoms with Crippen molar-refractivity contribution in [3.05, 3.63) is 57.5 Å². The summed E-state index contributed by atoms with van der Waals surface area (Å²) in [7, 11) is -3.72. The van der Waals surface area contributed by atoms with E-state index in [1.807, 2.05) is 0 Å². The molecular formula is C14H13BrClN3O3S. The molecule has 2 rings (SSSR count). The Labute approximate surface area is 147 Å². The summed E-state index contributed by atoms with van der Waals surface area (Å²) in [6, 6.07) is 10.6. The number of anilines is 1. The van der Waals surface area contributed by atoms with E-state index >= 15 is 0 Å². The molecule has 0 unspecified atom stereocenters. The van der Waals surface area contributed by atoms with Crippen molar-refractivity contribution >= 4 is 49.3 Å². The molecule has 0 aliphatic carbocycles. The van der Waals surface area contributed by atoms with Gasteiger partial charge in [-0.2, -0.15) is 0 Å². The lowest BCUT2D eigenvalue weighted by atomic mass is 10.2. The van der Waals surface area contributed by atoms with Crippen LogP contribution in [0.15, 0.2) is 51.8 Å². The highest BCUT2D eigenvalue weighted by Crippen LogP contribution is 2.25. The lowest BCUT2D eigenvalue weighted by Crippen LogP contribution is -2.28. The largest absolute Gasteiger partial charge is 0.334 e. The highest BCUT2D eigenvalue weighted by atomic mass is 79.9. The monoisotopic (exact) mass is 417 g/mol. The molecule has 2 amide bonds. The van der Waals surface area contributed by atoms with Crippen molar-refractivity contribution in [1.82, 2.24) is 5.32 Å². The Balaban J connectivity index is 1.94. The van der Waals surface area contributed by atoms with Gasteiger partial charge >= 0.3 is 6.03 Å². The number of hydrogen-bond acceptors (Lipinski definition) is 3. The SMILES string of the molecule is NS(=O)(=O)c1ccc(CNC(=O)Nc2ccc(Br)cc2Cl)cc1. The Morgan fingerprint density at radius 1 is 1.17 bits per heavy atom. The number of primary sulfonamides is 1. The van der Waals surface area contributed by atoms with Gasteiger partial charge in [0.05, 0.1) is 15.6 Å². The van der Waals surface area contributed by atoms with Crippen LogP contribution in [-0.2, 0) is 16.6 Å². The molecule has 0 aromatic heterocycles. The summed E-state index contributed by atoms with van der Waals surface area (Å²) in [5.74, 6) is 0. The lowest BCUT2D eigenvalue weighted by molar-refractivity contribution is 0.251. The minimum absolute atomic E-state index is 0.0207. The van der Waals surface area contributed by atoms with Crippen LogP contribution in [0.4, 0.5) is 10.5 Å². The van der Waals surface area contributed by atoms with E-state index in [0.717, 1.165) is 10.0 Å². The summed E-state index contributed by atoms with van der Waals surface area (Å²) in [4.78, 5) is 11.9. The van der Waals surface area contributed by atoms with Crippen molar-refractivity contribution in [2.24, 2.45) is 5.14 Å². The second-order valence-corrected chi connectivity index (χ2v) is 7.51. The number of hydrogen-bond donors (Lipinski definition) is 3. The number of nitrogens with two attached hydrogens (primary N) is 1. The lowest BCUT2D eigenvalue weighted by Gasteiger charge is -2.09. The van der Waals surface area contributed by atoms with Crippen LogP contribution in [0, 0.1) is 0 Å². The molecule has 0 spiro atoms. The zero-order valence-corrected chi connectivity index (χ0v) is 14.9. The summed E-state index contributed by atoms with van der Waals surface area (Å²) in [5.41, 5.74) is 1.21. The summed E-state index contributed by atoms with van der Waals surface area (Å²) in [6.07, 6.45) is 0. The molecule has 2 aromatic carbocycles. The first-order valence-corrected chi connectivity index (χ1v) is 9.09. The number of carbonyl (C=O) groups excluding carboxylic acids is 1. The molecule has 122 valence electrons. The van der Waals surface area contributed by atoms with Crippen molar-refractivity contribution in [3.8, 4) is 0 Å². The van der Waals surface area contributed by atoms with E-state index in [1.54, 1.807) is 30.3 Å². The summed E-state index contributed by atoms with van der Waals surface area (Å²) in [6.45, 7) is 0.227. The van der Waals surface area contributed by atoms with Crippen molar-refractivity contribution < 1.29 is 13.2 Å². The highest BCUT2D eigenvalue weighted by Gasteiger charge is 2.08. The van der Waals surface area contributed by atoms with Crippen LogP contribution in [0.2, 0.25) is 5.02 Å². The second kappa shape index (κ2) is 7.31. The third-order valence-corrected chi connectivity index (χ3v) is 4.62. The number of amides is 2. The van der Waals surface area contributed by atoms with Gasteiger partial charge in [-0.3, -0.25) is 0 Å². The fourth-order valence-corrected chi connectivity index (χ4v) is 2.97. The summed E-state index contributed by atoms with van der Waals surface area (Å²) in [5, 5.41) is 10.7. The van der Waals surface area contributed by atoms with Crippen LogP contribution in [0.1, 0.15) is 5.56 Å². The van der Waals surface area contributed by atoms with Crippen molar-refractivity contribution in [2.75, 3.05) is 5.32 Å². The first-order valence-electron chi connectivity index (χ1n) is 6.37. The molecule has 0 saturated carbocycles. The van der Waals surface area contributed by atoms with Gasteiger partial charge in [-0.05, 0) is 35.9 Å². The van der Waals surface area contributed by atoms with Gasteiger partial charge in [-0.25, -0.2) is 18.4 Å². The topological polar surface area (TPSA) is 101 Å². The van der Waals surface area contributed by atoms with Gasteiger partial charge in [0.15, 0.2) is 0 Å². The molecule has 0 fully saturated rings. The number of urea groups is 1. The molecule has 6 nitrogen and oxygen atoms in total. The highest BCUT2D eigenvalue weighted by molar-refractivity contribution is 9.10. The Kier molecular flexibility index (Phi) is 5.64. The average molecular weight is 419 g/mol. The predicted molar refractivity (Wildman–Crippen MR) is 92.8 cm³/mol. The van der Waals surface area contributed by atoms with Crippen LogP contribution in [-0.4, -0.2) is 14.4 Å². The number of benzene rings is 2. The van der Waals surface area contributed by atoms with Crippen LogP contribution < -0.4 is 15.8 Å². The standard InChI is InChI=1S/C14H13BrClN3O3S/c15-10-3-6-13(12(16)7-10)19-14(20)18-8-9-1-4-11(5-2-9)23(17,21)22/h1-7H,8H2,(H2,17,21,22)(H2,18,19,20). The van der Waals surface area contributed by atoms with Gasteiger partial charge in [0.2, 0.25) is 10.0 Å². The predicted octanol–water partition coefficient (Wildman–Crippen LogP) is 3.07. The smallest absolute Gasteiger partial charge is 0.319 e. The Hall–Kier alpha value is -1.61. The minimum Gasteiger partial charge on any atom is -0.334 e. The van der Waals surface area contributed by atoms with Gasteiger partial charge in [0.1, 0.15) is 0 Å². The third kappa shape index (κ3) is 5.21. The molecule has 0 radical (unpaired) electrons. The zero-order chi connectivity index (χ0) is 17.0. The Morgan fingerprint density at radius 3 is 2.39 bits per heavy atom. The molecule has 0 saturated heterocycles. The van der Waals surface area contributed by atoms with Crippen LogP contribution in [0.5, 0.6) is 0 Å². The van der Waals surface area contributed by atoms with Crippen LogP contribution >= 0.6 is 27.5 Å². The van der Waals surface area contributed by atoms with Gasteiger partial charge < -0.3 is 10.6 Å². The molecule has 23 heavy (non-hydrogen) atoms. The third-order valence-electron chi connectivity index (χ3n) is 2.88. The van der Waals surface area contributed by atoms with Gasteiger partial charge in [0, 0.05) is 11.0 Å². The summed E-state index contributed by atoms with van der Waals surface area (Å²) >= 11 is 9.29. The number of nitrogens with one attached hydrogen (secondary N) is 2. The van der Waals surface area contributed by atoms with E-state index in [9.17, 15) is 13.2 Å². The molecule has 0 aliphatic rings. The first kappa shape index (κ1) is 17.7. The molecule has 0 atom stereocenters. The Morgan fingerprint density at radius 2 is 1.83 bits per heavy atom. The summed E-state index contributed by atoms with van der Waals surface area (Å²) < 4.78 is 23.1. The van der Waals surface area contributed by atoms with Gasteiger partial charge in [-0.1, -0.05) is 39.7 Å². The van der Waals surface area contributed by atoms with E-state index in [2.05, 4.69) is 26.6 Å². The molecule has 4 N–H and O–H groups in total. The second-order valence-electron chi connectivity index (χ2n) is 4.62. The molecule has 2 aromatic rings. The number of carbonyl (C=O) groups is 1. The van der Waals surface area contributed by atoms with Crippen molar-refractivity contribution in [3.63, 3.8) is 0 Å². The van der Waals surface area contributed by atoms with Crippen molar-refractivity contribution in [1.29, 1.82) is 0 Å². The van der Waals surface area contributed by atoms with E-state index in [1.165, 1.54) is 12.1 Å². The number of rotatable bonds is 4. The molecule has 0 heterocycles. The van der Waals surface area contributed by atoms with E-state index in [4.69, 9.17) is 16.7 Å².